The lowest BCUT2D eigenvalue weighted by molar-refractivity contribution is -0.137. The fourth-order valence-electron chi connectivity index (χ4n) is 2.92. The van der Waals surface area contributed by atoms with E-state index in [1.807, 2.05) is 23.1 Å². The highest BCUT2D eigenvalue weighted by Crippen LogP contribution is 2.36. The lowest BCUT2D eigenvalue weighted by Crippen LogP contribution is -2.53. The average molecular weight is 408 g/mol. The number of methoxy groups -OCH3 is 1. The van der Waals surface area contributed by atoms with Gasteiger partial charge >= 0.3 is 12.1 Å². The molecule has 1 fully saturated rings. The van der Waals surface area contributed by atoms with Gasteiger partial charge in [0.05, 0.1) is 36.0 Å². The van der Waals surface area contributed by atoms with Crippen LogP contribution in [0.3, 0.4) is 0 Å². The minimum atomic E-state index is -4.50. The number of fused-ring (bicyclic) bond motifs is 1. The molecule has 1 aromatic heterocycles. The van der Waals surface area contributed by atoms with Gasteiger partial charge < -0.3 is 14.4 Å². The third-order valence-electron chi connectivity index (χ3n) is 4.41. The third-order valence-corrected chi connectivity index (χ3v) is 5.49. The summed E-state index contributed by atoms with van der Waals surface area (Å²) in [4.78, 5) is 18.7. The summed E-state index contributed by atoms with van der Waals surface area (Å²) in [7, 11) is 1.58. The number of nitrogens with zero attached hydrogens (tertiary/aromatic N) is 2. The van der Waals surface area contributed by atoms with Crippen LogP contribution in [-0.4, -0.2) is 37.3 Å². The molecule has 0 atom stereocenters. The first-order valence-electron chi connectivity index (χ1n) is 8.42. The second kappa shape index (κ2) is 6.97. The second-order valence-electron chi connectivity index (χ2n) is 6.31. The summed E-state index contributed by atoms with van der Waals surface area (Å²) in [6.45, 7) is 0.875. The number of carbonyl (C=O) groups excluding carboxylic acids is 1. The van der Waals surface area contributed by atoms with Crippen LogP contribution in [0.25, 0.3) is 10.2 Å². The molecular weight excluding hydrogens is 393 g/mol. The van der Waals surface area contributed by atoms with Crippen molar-refractivity contribution in [3.63, 3.8) is 0 Å². The molecule has 3 aromatic rings. The van der Waals surface area contributed by atoms with Crippen LogP contribution >= 0.6 is 11.3 Å². The number of esters is 1. The molecule has 4 rings (SSSR count). The topological polar surface area (TPSA) is 51.7 Å². The van der Waals surface area contributed by atoms with Crippen molar-refractivity contribution in [1.82, 2.24) is 4.98 Å². The van der Waals surface area contributed by atoms with Crippen molar-refractivity contribution in [2.24, 2.45) is 0 Å². The van der Waals surface area contributed by atoms with Gasteiger partial charge in [0, 0.05) is 0 Å². The van der Waals surface area contributed by atoms with Gasteiger partial charge in [-0.2, -0.15) is 13.2 Å². The third kappa shape index (κ3) is 3.49. The molecule has 5 nitrogen and oxygen atoms in total. The molecule has 1 aliphatic heterocycles. The zero-order valence-electron chi connectivity index (χ0n) is 14.7. The highest BCUT2D eigenvalue weighted by atomic mass is 32.1. The molecule has 0 aliphatic carbocycles. The fourth-order valence-corrected chi connectivity index (χ4v) is 3.92. The summed E-state index contributed by atoms with van der Waals surface area (Å²) in [6, 6.07) is 9.90. The van der Waals surface area contributed by atoms with Crippen LogP contribution in [0, 0.1) is 0 Å². The molecule has 1 saturated heterocycles. The molecule has 2 aromatic carbocycles. The molecule has 0 saturated carbocycles. The van der Waals surface area contributed by atoms with E-state index in [0.29, 0.717) is 18.8 Å². The Labute approximate surface area is 162 Å². The highest BCUT2D eigenvalue weighted by molar-refractivity contribution is 7.22. The first kappa shape index (κ1) is 18.5. The van der Waals surface area contributed by atoms with Gasteiger partial charge in [-0.15, -0.1) is 0 Å². The number of carbonyl (C=O) groups is 1. The first-order chi connectivity index (χ1) is 13.3. The Morgan fingerprint density at radius 3 is 2.68 bits per heavy atom. The van der Waals surface area contributed by atoms with Gasteiger partial charge in [-0.25, -0.2) is 9.78 Å². The van der Waals surface area contributed by atoms with Crippen LogP contribution in [0.15, 0.2) is 42.5 Å². The summed E-state index contributed by atoms with van der Waals surface area (Å²) < 4.78 is 49.9. The van der Waals surface area contributed by atoms with Gasteiger partial charge in [0.25, 0.3) is 0 Å². The highest BCUT2D eigenvalue weighted by Gasteiger charge is 2.34. The molecule has 2 heterocycles. The summed E-state index contributed by atoms with van der Waals surface area (Å²) in [6.07, 6.45) is -4.90. The van der Waals surface area contributed by atoms with Crippen LogP contribution in [0.1, 0.15) is 15.9 Å². The summed E-state index contributed by atoms with van der Waals surface area (Å²) in [5, 5.41) is 0.783. The van der Waals surface area contributed by atoms with Crippen LogP contribution in [0.4, 0.5) is 18.3 Å². The zero-order valence-corrected chi connectivity index (χ0v) is 15.5. The van der Waals surface area contributed by atoms with Gasteiger partial charge in [-0.05, 0) is 30.3 Å². The van der Waals surface area contributed by atoms with Gasteiger partial charge in [-0.3, -0.25) is 0 Å². The van der Waals surface area contributed by atoms with Crippen molar-refractivity contribution in [3.8, 4) is 5.75 Å². The molecule has 146 valence electrons. The van der Waals surface area contributed by atoms with Gasteiger partial charge in [0.2, 0.25) is 0 Å². The van der Waals surface area contributed by atoms with E-state index in [9.17, 15) is 18.0 Å². The van der Waals surface area contributed by atoms with E-state index in [2.05, 4.69) is 4.98 Å². The van der Waals surface area contributed by atoms with E-state index in [1.54, 1.807) is 7.11 Å². The minimum absolute atomic E-state index is 0.113. The Bertz CT molecular complexity index is 1030. The molecule has 0 amide bonds. The SMILES string of the molecule is COc1cccc2sc(N3CC(OC(=O)c4cccc(C(F)(F)F)c4)C3)nc12. The summed E-state index contributed by atoms with van der Waals surface area (Å²) in [5.41, 5.74) is -0.215. The predicted molar refractivity (Wildman–Crippen MR) is 99.0 cm³/mol. The molecule has 0 radical (unpaired) electrons. The number of rotatable bonds is 4. The number of para-hydroxylation sites is 1. The predicted octanol–water partition coefficient (Wildman–Crippen LogP) is 4.37. The lowest BCUT2D eigenvalue weighted by atomic mass is 10.1. The van der Waals surface area contributed by atoms with E-state index in [0.717, 1.165) is 27.5 Å². The standard InChI is InChI=1S/C19H15F3N2O3S/c1-26-14-6-3-7-15-16(14)23-18(28-15)24-9-13(10-24)27-17(25)11-4-2-5-12(8-11)19(20,21)22/h2-8,13H,9-10H2,1H3. The van der Waals surface area contributed by atoms with E-state index < -0.39 is 23.8 Å². The molecule has 1 aliphatic rings. The van der Waals surface area contributed by atoms with Crippen LogP contribution in [-0.2, 0) is 10.9 Å². The average Bonchev–Trinajstić information content (AvgIpc) is 3.07. The van der Waals surface area contributed by atoms with Crippen molar-refractivity contribution in [1.29, 1.82) is 0 Å². The number of hydrogen-bond acceptors (Lipinski definition) is 6. The Hall–Kier alpha value is -2.81. The van der Waals surface area contributed by atoms with Gasteiger partial charge in [-0.1, -0.05) is 23.5 Å². The molecular formula is C19H15F3N2O3S. The van der Waals surface area contributed by atoms with Crippen molar-refractivity contribution in [3.05, 3.63) is 53.6 Å². The second-order valence-corrected chi connectivity index (χ2v) is 7.32. The molecule has 0 spiro atoms. The van der Waals surface area contributed by atoms with Gasteiger partial charge in [0.1, 0.15) is 17.4 Å². The minimum Gasteiger partial charge on any atom is -0.494 e. The number of benzene rings is 2. The molecule has 0 N–H and O–H groups in total. The van der Waals surface area contributed by atoms with Crippen LogP contribution < -0.4 is 9.64 Å². The van der Waals surface area contributed by atoms with E-state index in [1.165, 1.54) is 23.5 Å². The van der Waals surface area contributed by atoms with E-state index in [4.69, 9.17) is 9.47 Å². The number of hydrogen-bond donors (Lipinski definition) is 0. The van der Waals surface area contributed by atoms with Crippen molar-refractivity contribution in [2.75, 3.05) is 25.1 Å². The number of anilines is 1. The number of ether oxygens (including phenoxy) is 2. The monoisotopic (exact) mass is 408 g/mol. The zero-order chi connectivity index (χ0) is 19.9. The maximum Gasteiger partial charge on any atom is 0.416 e. The van der Waals surface area contributed by atoms with Crippen molar-refractivity contribution in [2.45, 2.75) is 12.3 Å². The van der Waals surface area contributed by atoms with Gasteiger partial charge in [0.15, 0.2) is 5.13 Å². The maximum absolute atomic E-state index is 12.8. The Morgan fingerprint density at radius 1 is 1.21 bits per heavy atom. The number of thiazole rings is 1. The summed E-state index contributed by atoms with van der Waals surface area (Å²) >= 11 is 1.50. The Morgan fingerprint density at radius 2 is 1.96 bits per heavy atom. The number of alkyl halides is 3. The van der Waals surface area contributed by atoms with Crippen LogP contribution in [0.5, 0.6) is 5.75 Å². The lowest BCUT2D eigenvalue weighted by Gasteiger charge is -2.38. The normalized spacial score (nSPS) is 14.8. The molecule has 9 heteroatoms. The quantitative estimate of drug-likeness (QED) is 0.600. The van der Waals surface area contributed by atoms with E-state index in [-0.39, 0.29) is 5.56 Å². The molecule has 0 bridgehead atoms. The maximum atomic E-state index is 12.8. The van der Waals surface area contributed by atoms with Crippen molar-refractivity contribution < 1.29 is 27.4 Å². The first-order valence-corrected chi connectivity index (χ1v) is 9.23. The largest absolute Gasteiger partial charge is 0.494 e. The Kier molecular flexibility index (Phi) is 4.62. The number of aromatic nitrogens is 1. The Balaban J connectivity index is 1.40. The fraction of sp³-hybridized carbons (Fsp3) is 0.263. The summed E-state index contributed by atoms with van der Waals surface area (Å²) in [5.74, 6) is -0.0743. The van der Waals surface area contributed by atoms with Crippen LogP contribution in [0.2, 0.25) is 0 Å². The van der Waals surface area contributed by atoms with E-state index >= 15 is 0 Å². The number of halogens is 3. The molecule has 28 heavy (non-hydrogen) atoms. The molecule has 0 unspecified atom stereocenters. The van der Waals surface area contributed by atoms with Crippen molar-refractivity contribution >= 4 is 32.7 Å². The smallest absolute Gasteiger partial charge is 0.416 e.